The molecule has 24 heavy (non-hydrogen) atoms. The fourth-order valence-corrected chi connectivity index (χ4v) is 3.40. The molecule has 1 heterocycles. The summed E-state index contributed by atoms with van der Waals surface area (Å²) in [6.07, 6.45) is 3.64. The van der Waals surface area contributed by atoms with Crippen molar-refractivity contribution in [1.29, 1.82) is 0 Å². The van der Waals surface area contributed by atoms with Gasteiger partial charge in [-0.05, 0) is 43.4 Å². The van der Waals surface area contributed by atoms with E-state index in [2.05, 4.69) is 5.32 Å². The van der Waals surface area contributed by atoms with E-state index >= 15 is 0 Å². The molecule has 1 saturated heterocycles. The van der Waals surface area contributed by atoms with Gasteiger partial charge in [0.05, 0.1) is 6.61 Å². The number of piperidine rings is 1. The van der Waals surface area contributed by atoms with Gasteiger partial charge in [0.2, 0.25) is 0 Å². The van der Waals surface area contributed by atoms with Crippen molar-refractivity contribution in [1.82, 2.24) is 10.2 Å². The molecule has 0 aliphatic carbocycles. The number of carbonyl (C=O) groups is 1. The molecule has 1 aromatic rings. The van der Waals surface area contributed by atoms with Gasteiger partial charge in [0.25, 0.3) is 0 Å². The zero-order chi connectivity index (χ0) is 17.4. The maximum Gasteiger partial charge on any atom is 0.317 e. The van der Waals surface area contributed by atoms with E-state index in [1.165, 1.54) is 0 Å². The van der Waals surface area contributed by atoms with Crippen LogP contribution in [0.5, 0.6) is 0 Å². The Balaban J connectivity index is 1.87. The lowest BCUT2D eigenvalue weighted by Crippen LogP contribution is -2.51. The second-order valence-electron chi connectivity index (χ2n) is 6.56. The van der Waals surface area contributed by atoms with E-state index in [-0.39, 0.29) is 18.1 Å². The third-order valence-electron chi connectivity index (χ3n) is 4.70. The molecule has 1 unspecified atom stereocenters. The van der Waals surface area contributed by atoms with Crippen LogP contribution < -0.4 is 5.32 Å². The van der Waals surface area contributed by atoms with Crippen molar-refractivity contribution in [2.45, 2.75) is 32.2 Å². The first-order chi connectivity index (χ1) is 11.6. The summed E-state index contributed by atoms with van der Waals surface area (Å²) in [5.74, 6) is 0. The first-order valence-corrected chi connectivity index (χ1v) is 8.83. The molecule has 2 N–H and O–H groups in total. The zero-order valence-corrected chi connectivity index (χ0v) is 15.0. The molecule has 6 heteroatoms. The van der Waals surface area contributed by atoms with Crippen LogP contribution in [0.1, 0.15) is 31.2 Å². The Kier molecular flexibility index (Phi) is 7.34. The minimum atomic E-state index is -0.200. The highest BCUT2D eigenvalue weighted by Crippen LogP contribution is 2.34. The number of urea groups is 1. The Bertz CT molecular complexity index is 524. The van der Waals surface area contributed by atoms with Gasteiger partial charge in [-0.3, -0.25) is 0 Å². The number of aliphatic hydroxyl groups excluding tert-OH is 1. The highest BCUT2D eigenvalue weighted by Gasteiger charge is 2.36. The molecule has 1 fully saturated rings. The number of nitrogens with zero attached hydrogens (tertiary/aromatic N) is 1. The molecular weight excluding hydrogens is 328 g/mol. The molecule has 5 nitrogen and oxygen atoms in total. The number of amides is 2. The van der Waals surface area contributed by atoms with Gasteiger partial charge in [0.15, 0.2) is 0 Å². The number of methoxy groups -OCH3 is 1. The fraction of sp³-hybridized carbons (Fsp3) is 0.611. The standard InChI is InChI=1S/C18H27ClN2O3/c1-24-11-3-9-18(14-22)8-2-10-21(13-18)17(23)20-12-15-4-6-16(19)7-5-15/h4-7,22H,2-3,8-14H2,1H3,(H,20,23). The van der Waals surface area contributed by atoms with Crippen LogP contribution in [0.15, 0.2) is 24.3 Å². The number of hydrogen-bond donors (Lipinski definition) is 2. The number of aliphatic hydroxyl groups is 1. The van der Waals surface area contributed by atoms with Gasteiger partial charge in [0, 0.05) is 43.8 Å². The SMILES string of the molecule is COCCCC1(CO)CCCN(C(=O)NCc2ccc(Cl)cc2)C1. The smallest absolute Gasteiger partial charge is 0.317 e. The van der Waals surface area contributed by atoms with E-state index in [1.807, 2.05) is 29.2 Å². The monoisotopic (exact) mass is 354 g/mol. The minimum absolute atomic E-state index is 0.0748. The molecule has 0 aromatic heterocycles. The van der Waals surface area contributed by atoms with Crippen LogP contribution in [0, 0.1) is 5.41 Å². The van der Waals surface area contributed by atoms with Gasteiger partial charge in [0.1, 0.15) is 0 Å². The number of rotatable bonds is 7. The Hall–Kier alpha value is -1.30. The fourth-order valence-electron chi connectivity index (χ4n) is 3.28. The van der Waals surface area contributed by atoms with E-state index in [9.17, 15) is 9.90 Å². The van der Waals surface area contributed by atoms with Crippen LogP contribution in [-0.4, -0.2) is 49.5 Å². The lowest BCUT2D eigenvalue weighted by Gasteiger charge is -2.42. The largest absolute Gasteiger partial charge is 0.396 e. The van der Waals surface area contributed by atoms with Crippen molar-refractivity contribution in [2.24, 2.45) is 5.41 Å². The second kappa shape index (κ2) is 9.25. The molecular formula is C18H27ClN2O3. The molecule has 2 amide bonds. The molecule has 134 valence electrons. The Morgan fingerprint density at radius 1 is 1.42 bits per heavy atom. The van der Waals surface area contributed by atoms with E-state index in [0.717, 1.165) is 37.8 Å². The van der Waals surface area contributed by atoms with Crippen LogP contribution in [0.3, 0.4) is 0 Å². The van der Waals surface area contributed by atoms with Crippen molar-refractivity contribution in [2.75, 3.05) is 33.4 Å². The van der Waals surface area contributed by atoms with Crippen LogP contribution >= 0.6 is 11.6 Å². The molecule has 0 saturated carbocycles. The highest BCUT2D eigenvalue weighted by molar-refractivity contribution is 6.30. The molecule has 2 rings (SSSR count). The Labute approximate surface area is 148 Å². The number of likely N-dealkylation sites (tertiary alicyclic amines) is 1. The molecule has 1 aliphatic rings. The maximum atomic E-state index is 12.5. The average Bonchev–Trinajstić information content (AvgIpc) is 2.61. The molecule has 0 bridgehead atoms. The van der Waals surface area contributed by atoms with Crippen LogP contribution in [-0.2, 0) is 11.3 Å². The number of carbonyl (C=O) groups excluding carboxylic acids is 1. The first kappa shape index (κ1) is 19.0. The summed E-state index contributed by atoms with van der Waals surface area (Å²) in [5, 5.41) is 13.5. The zero-order valence-electron chi connectivity index (χ0n) is 14.3. The molecule has 0 spiro atoms. The summed E-state index contributed by atoms with van der Waals surface area (Å²) >= 11 is 5.87. The van der Waals surface area contributed by atoms with E-state index < -0.39 is 0 Å². The summed E-state index contributed by atoms with van der Waals surface area (Å²) in [4.78, 5) is 14.3. The van der Waals surface area contributed by atoms with Gasteiger partial charge in [-0.15, -0.1) is 0 Å². The lowest BCUT2D eigenvalue weighted by atomic mass is 9.77. The Morgan fingerprint density at radius 2 is 2.17 bits per heavy atom. The van der Waals surface area contributed by atoms with Crippen LogP contribution in [0.2, 0.25) is 5.02 Å². The van der Waals surface area contributed by atoms with E-state index in [0.29, 0.717) is 24.7 Å². The van der Waals surface area contributed by atoms with Crippen LogP contribution in [0.25, 0.3) is 0 Å². The summed E-state index contributed by atoms with van der Waals surface area (Å²) in [6, 6.07) is 7.37. The summed E-state index contributed by atoms with van der Waals surface area (Å²) in [5.41, 5.74) is 0.812. The number of ether oxygens (including phenoxy) is 1. The summed E-state index contributed by atoms with van der Waals surface area (Å²) < 4.78 is 5.11. The molecule has 0 radical (unpaired) electrons. The first-order valence-electron chi connectivity index (χ1n) is 8.46. The number of halogens is 1. The predicted molar refractivity (Wildman–Crippen MR) is 95.1 cm³/mol. The van der Waals surface area contributed by atoms with E-state index in [1.54, 1.807) is 7.11 Å². The van der Waals surface area contributed by atoms with Crippen molar-refractivity contribution in [3.8, 4) is 0 Å². The van der Waals surface area contributed by atoms with Crippen molar-refractivity contribution >= 4 is 17.6 Å². The number of nitrogens with one attached hydrogen (secondary N) is 1. The van der Waals surface area contributed by atoms with Gasteiger partial charge < -0.3 is 20.1 Å². The second-order valence-corrected chi connectivity index (χ2v) is 7.00. The lowest BCUT2D eigenvalue weighted by molar-refractivity contribution is 0.0327. The van der Waals surface area contributed by atoms with Gasteiger partial charge >= 0.3 is 6.03 Å². The maximum absolute atomic E-state index is 12.5. The topological polar surface area (TPSA) is 61.8 Å². The van der Waals surface area contributed by atoms with Gasteiger partial charge in [-0.1, -0.05) is 23.7 Å². The van der Waals surface area contributed by atoms with Gasteiger partial charge in [-0.25, -0.2) is 4.79 Å². The van der Waals surface area contributed by atoms with Gasteiger partial charge in [-0.2, -0.15) is 0 Å². The summed E-state index contributed by atoms with van der Waals surface area (Å²) in [7, 11) is 1.68. The minimum Gasteiger partial charge on any atom is -0.396 e. The van der Waals surface area contributed by atoms with Crippen molar-refractivity contribution < 1.29 is 14.6 Å². The predicted octanol–water partition coefficient (Wildman–Crippen LogP) is 3.05. The molecule has 1 aliphatic heterocycles. The molecule has 1 atom stereocenters. The van der Waals surface area contributed by atoms with Crippen LogP contribution in [0.4, 0.5) is 4.79 Å². The van der Waals surface area contributed by atoms with Crippen molar-refractivity contribution in [3.63, 3.8) is 0 Å². The number of hydrogen-bond acceptors (Lipinski definition) is 3. The quantitative estimate of drug-likeness (QED) is 0.740. The molecule has 1 aromatic carbocycles. The summed E-state index contributed by atoms with van der Waals surface area (Å²) in [6.45, 7) is 2.60. The number of benzene rings is 1. The highest BCUT2D eigenvalue weighted by atomic mass is 35.5. The van der Waals surface area contributed by atoms with Crippen molar-refractivity contribution in [3.05, 3.63) is 34.9 Å². The Morgan fingerprint density at radius 3 is 2.83 bits per heavy atom. The third kappa shape index (κ3) is 5.36. The van der Waals surface area contributed by atoms with E-state index in [4.69, 9.17) is 16.3 Å². The third-order valence-corrected chi connectivity index (χ3v) is 4.95. The normalized spacial score (nSPS) is 20.9. The average molecular weight is 355 g/mol.